The standard InChI is InChI=1S/3C11H22O2S.C8H17.Sn/c3*1-9(2)7-5-4-6-8-14-10(3)11(12)13;1-3-5-7-8-6-4-2;/h3*9-10H,4-8H2,1-3H3,(H,12,13);1,3-8H2,2H3;/q;;;;+3/p-3. The first kappa shape index (κ1) is 51.3. The molecular weight excluding hydrogens is 803 g/mol. The summed E-state index contributed by atoms with van der Waals surface area (Å²) < 4.78 is 19.2. The van der Waals surface area contributed by atoms with Crippen LogP contribution in [0.25, 0.3) is 0 Å². The van der Waals surface area contributed by atoms with Crippen LogP contribution < -0.4 is 0 Å². The molecule has 0 fully saturated rings. The Balaban J connectivity index is 5.81. The molecule has 0 radical (unpaired) electrons. The Hall–Kier alpha value is 0.259. The van der Waals surface area contributed by atoms with Crippen molar-refractivity contribution in [3.63, 3.8) is 0 Å². The molecule has 51 heavy (non-hydrogen) atoms. The molecule has 302 valence electrons. The third kappa shape index (κ3) is 29.2. The molecule has 0 aliphatic carbocycles. The predicted octanol–water partition coefficient (Wildman–Crippen LogP) is 12.9. The maximum atomic E-state index is 13.7. The average Bonchev–Trinajstić information content (AvgIpc) is 3.06. The molecule has 0 N–H and O–H groups in total. The van der Waals surface area contributed by atoms with E-state index in [2.05, 4.69) is 48.5 Å². The van der Waals surface area contributed by atoms with E-state index in [0.717, 1.165) is 81.5 Å². The van der Waals surface area contributed by atoms with Crippen molar-refractivity contribution in [1.29, 1.82) is 0 Å². The molecule has 3 unspecified atom stereocenters. The summed E-state index contributed by atoms with van der Waals surface area (Å²) >= 11 is -0.322. The summed E-state index contributed by atoms with van der Waals surface area (Å²) in [5.74, 6) is 3.46. The molecule has 0 bridgehead atoms. The topological polar surface area (TPSA) is 78.9 Å². The number of hydrogen-bond donors (Lipinski definition) is 0. The minimum absolute atomic E-state index is 0.343. The molecule has 6 nitrogen and oxygen atoms in total. The van der Waals surface area contributed by atoms with Gasteiger partial charge in [-0.1, -0.05) is 0 Å². The van der Waals surface area contributed by atoms with Crippen molar-refractivity contribution in [3.8, 4) is 0 Å². The third-order valence-electron chi connectivity index (χ3n) is 8.98. The van der Waals surface area contributed by atoms with Gasteiger partial charge in [0.05, 0.1) is 0 Å². The van der Waals surface area contributed by atoms with Crippen LogP contribution in [0.3, 0.4) is 0 Å². The van der Waals surface area contributed by atoms with Crippen LogP contribution in [0.15, 0.2) is 0 Å². The first-order valence-electron chi connectivity index (χ1n) is 20.8. The molecule has 0 amide bonds. The Kier molecular flexibility index (Phi) is 32.7. The molecule has 0 aliphatic heterocycles. The summed E-state index contributed by atoms with van der Waals surface area (Å²) in [7, 11) is 0. The van der Waals surface area contributed by atoms with E-state index in [0.29, 0.717) is 28.6 Å². The van der Waals surface area contributed by atoms with Gasteiger partial charge in [0.15, 0.2) is 0 Å². The number of rotatable bonds is 34. The van der Waals surface area contributed by atoms with Crippen LogP contribution in [0.5, 0.6) is 0 Å². The zero-order valence-corrected chi connectivity index (χ0v) is 40.0. The van der Waals surface area contributed by atoms with Gasteiger partial charge in [0.25, 0.3) is 0 Å². The molecular formula is C41H80O6S3Sn. The summed E-state index contributed by atoms with van der Waals surface area (Å²) in [5, 5.41) is -1.28. The summed E-state index contributed by atoms with van der Waals surface area (Å²) in [6.45, 7) is 21.3. The molecule has 10 heteroatoms. The van der Waals surface area contributed by atoms with E-state index in [1.54, 1.807) is 35.3 Å². The number of unbranched alkanes of at least 4 members (excludes halogenated alkanes) is 11. The van der Waals surface area contributed by atoms with Gasteiger partial charge in [-0.05, 0) is 0 Å². The van der Waals surface area contributed by atoms with Gasteiger partial charge in [-0.25, -0.2) is 0 Å². The minimum atomic E-state index is -5.06. The Bertz CT molecular complexity index is 790. The SMILES string of the molecule is CCCCCCC[CH2][Sn]([O]C(=O)C(C)SCCCCCC(C)C)([O]C(=O)C(C)SCCCCCC(C)C)[O]C(=O)C(C)SCCCCCC(C)C. The summed E-state index contributed by atoms with van der Waals surface area (Å²) in [4.78, 5) is 41.1. The number of thioether (sulfide) groups is 3. The van der Waals surface area contributed by atoms with Crippen molar-refractivity contribution in [3.05, 3.63) is 0 Å². The second-order valence-corrected chi connectivity index (χ2v) is 27.2. The third-order valence-corrected chi connectivity index (χ3v) is 19.8. The Morgan fingerprint density at radius 2 is 0.725 bits per heavy atom. The Labute approximate surface area is 334 Å². The van der Waals surface area contributed by atoms with Gasteiger partial charge in [0.2, 0.25) is 0 Å². The van der Waals surface area contributed by atoms with Crippen molar-refractivity contribution < 1.29 is 23.6 Å². The second kappa shape index (κ2) is 32.5. The summed E-state index contributed by atoms with van der Waals surface area (Å²) in [6, 6.07) is 0. The number of carbonyl (C=O) groups is 3. The van der Waals surface area contributed by atoms with Gasteiger partial charge in [0.1, 0.15) is 0 Å². The van der Waals surface area contributed by atoms with Gasteiger partial charge in [-0.15, -0.1) is 0 Å². The van der Waals surface area contributed by atoms with Crippen LogP contribution in [0.1, 0.15) is 185 Å². The van der Waals surface area contributed by atoms with Crippen molar-refractivity contribution in [1.82, 2.24) is 0 Å². The summed E-state index contributed by atoms with van der Waals surface area (Å²) in [6.07, 6.45) is 20.0. The molecule has 0 aromatic heterocycles. The molecule has 0 rings (SSSR count). The maximum absolute atomic E-state index is 13.7. The van der Waals surface area contributed by atoms with Gasteiger partial charge in [-0.3, -0.25) is 0 Å². The number of carbonyl (C=O) groups excluding carboxylic acids is 3. The van der Waals surface area contributed by atoms with Crippen LogP contribution in [0.4, 0.5) is 0 Å². The van der Waals surface area contributed by atoms with E-state index in [4.69, 9.17) is 9.22 Å². The normalized spacial score (nSPS) is 14.8. The van der Waals surface area contributed by atoms with Crippen molar-refractivity contribution in [2.24, 2.45) is 17.8 Å². The van der Waals surface area contributed by atoms with E-state index >= 15 is 0 Å². The Morgan fingerprint density at radius 1 is 0.431 bits per heavy atom. The molecule has 0 aromatic rings. The Morgan fingerprint density at radius 3 is 1.04 bits per heavy atom. The van der Waals surface area contributed by atoms with Crippen molar-refractivity contribution >= 4 is 72.8 Å². The zero-order valence-electron chi connectivity index (χ0n) is 34.7. The second-order valence-electron chi connectivity index (χ2n) is 15.7. The monoisotopic (exact) mass is 884 g/mol. The molecule has 0 aromatic carbocycles. The van der Waals surface area contributed by atoms with Gasteiger partial charge in [-0.2, -0.15) is 0 Å². The van der Waals surface area contributed by atoms with Crippen LogP contribution in [-0.2, 0) is 23.6 Å². The van der Waals surface area contributed by atoms with E-state index in [9.17, 15) is 14.4 Å². The first-order chi connectivity index (χ1) is 24.2. The molecule has 0 spiro atoms. The zero-order chi connectivity index (χ0) is 38.5. The molecule has 0 saturated carbocycles. The molecule has 0 heterocycles. The van der Waals surface area contributed by atoms with Crippen molar-refractivity contribution in [2.75, 3.05) is 17.3 Å². The molecule has 0 aliphatic rings. The van der Waals surface area contributed by atoms with Gasteiger partial charge in [0, 0.05) is 0 Å². The van der Waals surface area contributed by atoms with E-state index in [-0.39, 0.29) is 0 Å². The fourth-order valence-corrected chi connectivity index (χ4v) is 16.3. The quantitative estimate of drug-likeness (QED) is 0.0464. The van der Waals surface area contributed by atoms with Gasteiger partial charge < -0.3 is 0 Å². The van der Waals surface area contributed by atoms with Crippen LogP contribution in [-0.4, -0.2) is 70.5 Å². The van der Waals surface area contributed by atoms with Crippen LogP contribution >= 0.6 is 35.3 Å². The van der Waals surface area contributed by atoms with Gasteiger partial charge >= 0.3 is 336 Å². The van der Waals surface area contributed by atoms with Crippen LogP contribution in [0.2, 0.25) is 4.44 Å². The van der Waals surface area contributed by atoms with Crippen LogP contribution in [0, 0.1) is 17.8 Å². The van der Waals surface area contributed by atoms with Crippen molar-refractivity contribution in [2.45, 2.75) is 205 Å². The number of hydrogen-bond acceptors (Lipinski definition) is 9. The van der Waals surface area contributed by atoms with E-state index < -0.39 is 53.3 Å². The fourth-order valence-electron chi connectivity index (χ4n) is 5.52. The summed E-state index contributed by atoms with van der Waals surface area (Å²) in [5.41, 5.74) is 0. The fraction of sp³-hybridized carbons (Fsp3) is 0.927. The predicted molar refractivity (Wildman–Crippen MR) is 228 cm³/mol. The molecule has 0 saturated heterocycles. The van der Waals surface area contributed by atoms with E-state index in [1.165, 1.54) is 44.9 Å². The first-order valence-corrected chi connectivity index (χ1v) is 29.4. The average molecular weight is 884 g/mol. The van der Waals surface area contributed by atoms with E-state index in [1.807, 2.05) is 20.8 Å². The molecule has 3 atom stereocenters.